The first-order valence-electron chi connectivity index (χ1n) is 5.38. The summed E-state index contributed by atoms with van der Waals surface area (Å²) in [5.41, 5.74) is 6.83. The van der Waals surface area contributed by atoms with Gasteiger partial charge in [-0.15, -0.1) is 12.4 Å². The van der Waals surface area contributed by atoms with E-state index in [-0.39, 0.29) is 12.4 Å². The number of nitrogens with two attached hydrogens (primary N) is 1. The Bertz CT molecular complexity index is 305. The molecule has 0 heterocycles. The maximum atomic E-state index is 5.97. The molecule has 1 aromatic rings. The lowest BCUT2D eigenvalue weighted by Gasteiger charge is -2.27. The van der Waals surface area contributed by atoms with Crippen molar-refractivity contribution in [2.45, 2.75) is 19.9 Å². The maximum Gasteiger partial charge on any atom is 0.0409 e. The van der Waals surface area contributed by atoms with Crippen molar-refractivity contribution in [2.75, 3.05) is 19.6 Å². The lowest BCUT2D eigenvalue weighted by atomic mass is 10.1. The third-order valence-electron chi connectivity index (χ3n) is 2.70. The predicted molar refractivity (Wildman–Crippen MR) is 73.4 cm³/mol. The predicted octanol–water partition coefficient (Wildman–Crippen LogP) is 3.10. The van der Waals surface area contributed by atoms with Gasteiger partial charge >= 0.3 is 0 Å². The van der Waals surface area contributed by atoms with Crippen LogP contribution >= 0.6 is 24.0 Å². The van der Waals surface area contributed by atoms with E-state index in [0.717, 1.165) is 18.1 Å². The largest absolute Gasteiger partial charge is 0.329 e. The van der Waals surface area contributed by atoms with Crippen molar-refractivity contribution in [3.63, 3.8) is 0 Å². The Morgan fingerprint density at radius 3 is 2.62 bits per heavy atom. The Labute approximate surface area is 109 Å². The van der Waals surface area contributed by atoms with Gasteiger partial charge < -0.3 is 5.73 Å². The normalized spacial score (nSPS) is 12.3. The molecule has 0 amide bonds. The van der Waals surface area contributed by atoms with E-state index < -0.39 is 0 Å². The second-order valence-electron chi connectivity index (χ2n) is 3.65. The highest BCUT2D eigenvalue weighted by Gasteiger charge is 2.12. The standard InChI is InChI=1S/C12H19ClN2.ClH/c1-3-15(8-7-14)10(2)11-5-4-6-12(13)9-11;/h4-6,9-10H,3,7-8,14H2,1-2H3;1H/t10-;/m1./s1. The highest BCUT2D eigenvalue weighted by molar-refractivity contribution is 6.30. The minimum atomic E-state index is 0. The van der Waals surface area contributed by atoms with E-state index in [1.54, 1.807) is 0 Å². The van der Waals surface area contributed by atoms with Gasteiger partial charge in [-0.05, 0) is 31.2 Å². The number of hydrogen-bond acceptors (Lipinski definition) is 2. The molecule has 0 aliphatic carbocycles. The smallest absolute Gasteiger partial charge is 0.0409 e. The van der Waals surface area contributed by atoms with Crippen LogP contribution in [0.4, 0.5) is 0 Å². The number of benzene rings is 1. The Kier molecular flexibility index (Phi) is 7.77. The van der Waals surface area contributed by atoms with Gasteiger partial charge in [-0.25, -0.2) is 0 Å². The lowest BCUT2D eigenvalue weighted by molar-refractivity contribution is 0.228. The Morgan fingerprint density at radius 1 is 1.44 bits per heavy atom. The van der Waals surface area contributed by atoms with Crippen LogP contribution in [0.2, 0.25) is 5.02 Å². The highest BCUT2D eigenvalue weighted by Crippen LogP contribution is 2.22. The number of halogens is 2. The van der Waals surface area contributed by atoms with Gasteiger partial charge in [0.2, 0.25) is 0 Å². The van der Waals surface area contributed by atoms with Crippen molar-refractivity contribution in [2.24, 2.45) is 5.73 Å². The quantitative estimate of drug-likeness (QED) is 0.884. The second-order valence-corrected chi connectivity index (χ2v) is 4.08. The van der Waals surface area contributed by atoms with Crippen molar-refractivity contribution >= 4 is 24.0 Å². The van der Waals surface area contributed by atoms with Crippen LogP contribution in [0.25, 0.3) is 0 Å². The summed E-state index contributed by atoms with van der Waals surface area (Å²) in [6.07, 6.45) is 0. The molecule has 1 aromatic carbocycles. The summed E-state index contributed by atoms with van der Waals surface area (Å²) in [6.45, 7) is 6.95. The van der Waals surface area contributed by atoms with E-state index in [2.05, 4.69) is 24.8 Å². The van der Waals surface area contributed by atoms with Crippen LogP contribution < -0.4 is 5.73 Å². The zero-order valence-electron chi connectivity index (χ0n) is 9.82. The summed E-state index contributed by atoms with van der Waals surface area (Å²) < 4.78 is 0. The van der Waals surface area contributed by atoms with Gasteiger partial charge in [-0.2, -0.15) is 0 Å². The first kappa shape index (κ1) is 15.7. The molecule has 0 aromatic heterocycles. The third kappa shape index (κ3) is 4.30. The number of hydrogen-bond donors (Lipinski definition) is 1. The summed E-state index contributed by atoms with van der Waals surface area (Å²) in [4.78, 5) is 2.34. The highest BCUT2D eigenvalue weighted by atomic mass is 35.5. The lowest BCUT2D eigenvalue weighted by Crippen LogP contribution is -2.31. The minimum Gasteiger partial charge on any atom is -0.329 e. The Hall–Kier alpha value is -0.280. The van der Waals surface area contributed by atoms with Gasteiger partial charge in [0.25, 0.3) is 0 Å². The van der Waals surface area contributed by atoms with Gasteiger partial charge in [0.05, 0.1) is 0 Å². The fourth-order valence-electron chi connectivity index (χ4n) is 1.77. The summed E-state index contributed by atoms with van der Waals surface area (Å²) in [5, 5.41) is 0.795. The van der Waals surface area contributed by atoms with Crippen molar-refractivity contribution in [3.8, 4) is 0 Å². The van der Waals surface area contributed by atoms with Crippen LogP contribution in [-0.4, -0.2) is 24.5 Å². The van der Waals surface area contributed by atoms with E-state index in [4.69, 9.17) is 17.3 Å². The molecule has 0 bridgehead atoms. The molecular weight excluding hydrogens is 243 g/mol. The molecule has 4 heteroatoms. The average Bonchev–Trinajstić information content (AvgIpc) is 2.25. The summed E-state index contributed by atoms with van der Waals surface area (Å²) in [5.74, 6) is 0. The van der Waals surface area contributed by atoms with Crippen molar-refractivity contribution in [3.05, 3.63) is 34.9 Å². The van der Waals surface area contributed by atoms with E-state index in [0.29, 0.717) is 12.6 Å². The molecular formula is C12H20Cl2N2. The Balaban J connectivity index is 0.00000225. The van der Waals surface area contributed by atoms with Crippen LogP contribution in [0, 0.1) is 0 Å². The molecule has 0 aliphatic heterocycles. The number of likely N-dealkylation sites (N-methyl/N-ethyl adjacent to an activating group) is 1. The Morgan fingerprint density at radius 2 is 2.12 bits per heavy atom. The molecule has 1 atom stereocenters. The molecule has 0 spiro atoms. The van der Waals surface area contributed by atoms with Gasteiger partial charge in [0.1, 0.15) is 0 Å². The fraction of sp³-hybridized carbons (Fsp3) is 0.500. The molecule has 0 saturated heterocycles. The third-order valence-corrected chi connectivity index (χ3v) is 2.94. The van der Waals surface area contributed by atoms with E-state index >= 15 is 0 Å². The molecule has 16 heavy (non-hydrogen) atoms. The van der Waals surface area contributed by atoms with Gasteiger partial charge in [-0.3, -0.25) is 4.90 Å². The molecule has 0 saturated carbocycles. The molecule has 1 rings (SSSR count). The molecule has 2 N–H and O–H groups in total. The van der Waals surface area contributed by atoms with Crippen LogP contribution in [0.5, 0.6) is 0 Å². The summed E-state index contributed by atoms with van der Waals surface area (Å²) >= 11 is 5.97. The zero-order valence-corrected chi connectivity index (χ0v) is 11.4. The molecule has 0 fully saturated rings. The molecule has 2 nitrogen and oxygen atoms in total. The van der Waals surface area contributed by atoms with E-state index in [9.17, 15) is 0 Å². The molecule has 0 radical (unpaired) electrons. The van der Waals surface area contributed by atoms with Crippen molar-refractivity contribution < 1.29 is 0 Å². The zero-order chi connectivity index (χ0) is 11.3. The average molecular weight is 263 g/mol. The number of rotatable bonds is 5. The monoisotopic (exact) mass is 262 g/mol. The van der Waals surface area contributed by atoms with Crippen LogP contribution in [0.15, 0.2) is 24.3 Å². The van der Waals surface area contributed by atoms with Crippen LogP contribution in [0.1, 0.15) is 25.5 Å². The van der Waals surface area contributed by atoms with Crippen LogP contribution in [0.3, 0.4) is 0 Å². The minimum absolute atomic E-state index is 0. The van der Waals surface area contributed by atoms with Crippen LogP contribution in [-0.2, 0) is 0 Å². The second kappa shape index (κ2) is 7.91. The topological polar surface area (TPSA) is 29.3 Å². The van der Waals surface area contributed by atoms with E-state index in [1.807, 2.05) is 18.2 Å². The number of nitrogens with zero attached hydrogens (tertiary/aromatic N) is 1. The van der Waals surface area contributed by atoms with Gasteiger partial charge in [0, 0.05) is 24.2 Å². The molecule has 0 aliphatic rings. The maximum absolute atomic E-state index is 5.97. The summed E-state index contributed by atoms with van der Waals surface area (Å²) in [6, 6.07) is 8.39. The van der Waals surface area contributed by atoms with Crippen molar-refractivity contribution in [1.29, 1.82) is 0 Å². The van der Waals surface area contributed by atoms with E-state index in [1.165, 1.54) is 5.56 Å². The fourth-order valence-corrected chi connectivity index (χ4v) is 1.97. The first-order chi connectivity index (χ1) is 7.19. The SMILES string of the molecule is CCN(CCN)[C@H](C)c1cccc(Cl)c1.Cl. The van der Waals surface area contributed by atoms with Crippen molar-refractivity contribution in [1.82, 2.24) is 4.90 Å². The van der Waals surface area contributed by atoms with Gasteiger partial charge in [0.15, 0.2) is 0 Å². The first-order valence-corrected chi connectivity index (χ1v) is 5.76. The molecule has 0 unspecified atom stereocenters. The van der Waals surface area contributed by atoms with Gasteiger partial charge in [-0.1, -0.05) is 30.7 Å². The molecule has 92 valence electrons. The summed E-state index contributed by atoms with van der Waals surface area (Å²) in [7, 11) is 0.